The van der Waals surface area contributed by atoms with Gasteiger partial charge in [-0.1, -0.05) is 12.1 Å². The molecule has 23 heavy (non-hydrogen) atoms. The lowest BCUT2D eigenvalue weighted by Gasteiger charge is -2.16. The molecule has 0 aliphatic rings. The first-order valence-corrected chi connectivity index (χ1v) is 7.21. The number of nitrogens with zero attached hydrogens (tertiary/aromatic N) is 2. The van der Waals surface area contributed by atoms with Gasteiger partial charge in [-0.05, 0) is 37.1 Å². The fourth-order valence-electron chi connectivity index (χ4n) is 2.19. The summed E-state index contributed by atoms with van der Waals surface area (Å²) in [6, 6.07) is 4.48. The normalized spacial score (nSPS) is 12.9. The van der Waals surface area contributed by atoms with Crippen LogP contribution in [0.25, 0.3) is 0 Å². The molecule has 0 fully saturated rings. The number of hydrogen-bond donors (Lipinski definition) is 1. The van der Waals surface area contributed by atoms with Crippen molar-refractivity contribution in [3.63, 3.8) is 0 Å². The molecule has 0 spiro atoms. The van der Waals surface area contributed by atoms with E-state index in [0.29, 0.717) is 12.1 Å². The van der Waals surface area contributed by atoms with E-state index >= 15 is 0 Å². The number of alkyl halides is 3. The Balaban J connectivity index is 1.93. The van der Waals surface area contributed by atoms with Gasteiger partial charge in [0.1, 0.15) is 0 Å². The van der Waals surface area contributed by atoms with E-state index in [-0.39, 0.29) is 12.3 Å². The molecule has 124 valence electrons. The zero-order chi connectivity index (χ0) is 17.0. The Labute approximate surface area is 132 Å². The maximum atomic E-state index is 12.7. The van der Waals surface area contributed by atoms with Crippen LogP contribution in [-0.4, -0.2) is 15.7 Å². The van der Waals surface area contributed by atoms with Gasteiger partial charge < -0.3 is 5.32 Å². The van der Waals surface area contributed by atoms with Crippen molar-refractivity contribution in [1.82, 2.24) is 15.1 Å². The average molecular weight is 325 g/mol. The first kappa shape index (κ1) is 17.1. The maximum absolute atomic E-state index is 12.7. The standard InChI is InChI=1S/C16H18F3N3O/c1-11-9-20-22(10-11)7-6-15(23)21-12(2)13-4-3-5-14(8-13)16(17,18)19/h3-5,8-10,12H,6-7H2,1-2H3,(H,21,23). The topological polar surface area (TPSA) is 46.9 Å². The monoisotopic (exact) mass is 325 g/mol. The van der Waals surface area contributed by atoms with Crippen LogP contribution in [0.1, 0.15) is 36.1 Å². The summed E-state index contributed by atoms with van der Waals surface area (Å²) >= 11 is 0. The number of amides is 1. The highest BCUT2D eigenvalue weighted by Gasteiger charge is 2.30. The van der Waals surface area contributed by atoms with Crippen LogP contribution in [-0.2, 0) is 17.5 Å². The van der Waals surface area contributed by atoms with E-state index in [1.54, 1.807) is 23.9 Å². The molecule has 1 aromatic carbocycles. The molecule has 0 aliphatic heterocycles. The van der Waals surface area contributed by atoms with Crippen LogP contribution in [0, 0.1) is 6.92 Å². The van der Waals surface area contributed by atoms with Crippen LogP contribution in [0.15, 0.2) is 36.7 Å². The Bertz CT molecular complexity index is 679. The predicted octanol–water partition coefficient (Wildman–Crippen LogP) is 3.48. The lowest BCUT2D eigenvalue weighted by molar-refractivity contribution is -0.137. The van der Waals surface area contributed by atoms with Crippen molar-refractivity contribution in [2.75, 3.05) is 0 Å². The number of halogens is 3. The number of rotatable bonds is 5. The average Bonchev–Trinajstić information content (AvgIpc) is 2.90. The van der Waals surface area contributed by atoms with Crippen molar-refractivity contribution >= 4 is 5.91 Å². The van der Waals surface area contributed by atoms with Gasteiger partial charge in [0.25, 0.3) is 0 Å². The first-order chi connectivity index (χ1) is 10.8. The molecule has 0 saturated carbocycles. The summed E-state index contributed by atoms with van der Waals surface area (Å²) < 4.78 is 39.8. The van der Waals surface area contributed by atoms with Gasteiger partial charge in [0, 0.05) is 19.2 Å². The SMILES string of the molecule is Cc1cnn(CCC(=O)NC(C)c2cccc(C(F)(F)F)c2)c1. The van der Waals surface area contributed by atoms with Gasteiger partial charge in [-0.3, -0.25) is 9.48 Å². The van der Waals surface area contributed by atoms with Crippen LogP contribution in [0.2, 0.25) is 0 Å². The van der Waals surface area contributed by atoms with E-state index in [0.717, 1.165) is 17.7 Å². The zero-order valence-electron chi connectivity index (χ0n) is 12.9. The third-order valence-corrected chi connectivity index (χ3v) is 3.42. The fourth-order valence-corrected chi connectivity index (χ4v) is 2.19. The second kappa shape index (κ2) is 6.85. The van der Waals surface area contributed by atoms with Crippen LogP contribution in [0.4, 0.5) is 13.2 Å². The Morgan fingerprint density at radius 3 is 2.74 bits per heavy atom. The van der Waals surface area contributed by atoms with Gasteiger partial charge in [-0.25, -0.2) is 0 Å². The van der Waals surface area contributed by atoms with Crippen molar-refractivity contribution in [2.45, 2.75) is 39.0 Å². The Kier molecular flexibility index (Phi) is 5.08. The summed E-state index contributed by atoms with van der Waals surface area (Å²) in [7, 11) is 0. The minimum Gasteiger partial charge on any atom is -0.350 e. The van der Waals surface area contributed by atoms with Crippen molar-refractivity contribution in [2.24, 2.45) is 0 Å². The number of benzene rings is 1. The lowest BCUT2D eigenvalue weighted by atomic mass is 10.0. The zero-order valence-corrected chi connectivity index (χ0v) is 12.9. The molecule has 1 N–H and O–H groups in total. The summed E-state index contributed by atoms with van der Waals surface area (Å²) in [6.07, 6.45) is -0.658. The number of aryl methyl sites for hydroxylation is 2. The molecule has 1 unspecified atom stereocenters. The van der Waals surface area contributed by atoms with E-state index in [9.17, 15) is 18.0 Å². The minimum atomic E-state index is -4.39. The molecule has 7 heteroatoms. The van der Waals surface area contributed by atoms with E-state index < -0.39 is 17.8 Å². The van der Waals surface area contributed by atoms with Gasteiger partial charge in [0.05, 0.1) is 17.8 Å². The fraction of sp³-hybridized carbons (Fsp3) is 0.375. The Morgan fingerprint density at radius 2 is 2.13 bits per heavy atom. The molecule has 1 aromatic heterocycles. The van der Waals surface area contributed by atoms with Crippen molar-refractivity contribution in [3.05, 3.63) is 53.3 Å². The van der Waals surface area contributed by atoms with E-state index in [4.69, 9.17) is 0 Å². The first-order valence-electron chi connectivity index (χ1n) is 7.21. The molecule has 0 radical (unpaired) electrons. The highest BCUT2D eigenvalue weighted by atomic mass is 19.4. The molecule has 1 atom stereocenters. The van der Waals surface area contributed by atoms with Crippen molar-refractivity contribution in [1.29, 1.82) is 0 Å². The third-order valence-electron chi connectivity index (χ3n) is 3.42. The van der Waals surface area contributed by atoms with E-state index in [2.05, 4.69) is 10.4 Å². The quantitative estimate of drug-likeness (QED) is 0.915. The summed E-state index contributed by atoms with van der Waals surface area (Å²) in [5, 5.41) is 6.78. The van der Waals surface area contributed by atoms with Crippen molar-refractivity contribution < 1.29 is 18.0 Å². The molecular weight excluding hydrogens is 307 g/mol. The van der Waals surface area contributed by atoms with Gasteiger partial charge in [0.15, 0.2) is 0 Å². The van der Waals surface area contributed by atoms with Gasteiger partial charge >= 0.3 is 6.18 Å². The Morgan fingerprint density at radius 1 is 1.39 bits per heavy atom. The number of hydrogen-bond acceptors (Lipinski definition) is 2. The smallest absolute Gasteiger partial charge is 0.350 e. The molecule has 4 nitrogen and oxygen atoms in total. The maximum Gasteiger partial charge on any atom is 0.416 e. The molecule has 0 bridgehead atoms. The second-order valence-electron chi connectivity index (χ2n) is 5.44. The van der Waals surface area contributed by atoms with E-state index in [1.807, 2.05) is 13.1 Å². The molecule has 0 saturated heterocycles. The number of carbonyl (C=O) groups is 1. The molecule has 2 aromatic rings. The van der Waals surface area contributed by atoms with Crippen molar-refractivity contribution in [3.8, 4) is 0 Å². The minimum absolute atomic E-state index is 0.213. The van der Waals surface area contributed by atoms with Crippen LogP contribution in [0.3, 0.4) is 0 Å². The van der Waals surface area contributed by atoms with Crippen LogP contribution in [0.5, 0.6) is 0 Å². The van der Waals surface area contributed by atoms with Gasteiger partial charge in [0.2, 0.25) is 5.91 Å². The lowest BCUT2D eigenvalue weighted by Crippen LogP contribution is -2.27. The molecule has 2 rings (SSSR count). The number of aromatic nitrogens is 2. The third kappa shape index (κ3) is 4.84. The predicted molar refractivity (Wildman–Crippen MR) is 79.6 cm³/mol. The highest BCUT2D eigenvalue weighted by molar-refractivity contribution is 5.76. The van der Waals surface area contributed by atoms with E-state index in [1.165, 1.54) is 6.07 Å². The summed E-state index contributed by atoms with van der Waals surface area (Å²) in [5.41, 5.74) is 0.703. The number of carbonyl (C=O) groups excluding carboxylic acids is 1. The molecular formula is C16H18F3N3O. The molecule has 1 amide bonds. The summed E-state index contributed by atoms with van der Waals surface area (Å²) in [4.78, 5) is 11.9. The largest absolute Gasteiger partial charge is 0.416 e. The van der Waals surface area contributed by atoms with Gasteiger partial charge in [-0.15, -0.1) is 0 Å². The highest BCUT2D eigenvalue weighted by Crippen LogP contribution is 2.30. The summed E-state index contributed by atoms with van der Waals surface area (Å²) in [6.45, 7) is 3.99. The molecule has 1 heterocycles. The Hall–Kier alpha value is -2.31. The number of nitrogens with one attached hydrogen (secondary N) is 1. The van der Waals surface area contributed by atoms with Crippen LogP contribution >= 0.6 is 0 Å². The second-order valence-corrected chi connectivity index (χ2v) is 5.44. The molecule has 0 aliphatic carbocycles. The van der Waals surface area contributed by atoms with Crippen LogP contribution < -0.4 is 5.32 Å². The van der Waals surface area contributed by atoms with Gasteiger partial charge in [-0.2, -0.15) is 18.3 Å². The summed E-state index contributed by atoms with van der Waals surface area (Å²) in [5.74, 6) is -0.233.